The number of rotatable bonds is 3. The predicted octanol–water partition coefficient (Wildman–Crippen LogP) is 2.19. The van der Waals surface area contributed by atoms with Crippen LogP contribution in [-0.2, 0) is 0 Å². The fourth-order valence-electron chi connectivity index (χ4n) is 3.42. The Morgan fingerprint density at radius 2 is 2.32 bits per heavy atom. The molecule has 0 spiro atoms. The van der Waals surface area contributed by atoms with E-state index in [-0.39, 0.29) is 0 Å². The molecular formula is C15H24N4. The van der Waals surface area contributed by atoms with Crippen LogP contribution in [0, 0.1) is 0 Å². The highest BCUT2D eigenvalue weighted by Crippen LogP contribution is 2.29. The van der Waals surface area contributed by atoms with E-state index in [0.717, 1.165) is 24.9 Å². The summed E-state index contributed by atoms with van der Waals surface area (Å²) in [7, 11) is 0. The first-order valence-corrected chi connectivity index (χ1v) is 7.48. The van der Waals surface area contributed by atoms with Gasteiger partial charge in [0, 0.05) is 49.7 Å². The lowest BCUT2D eigenvalue weighted by molar-refractivity contribution is 0.203. The quantitative estimate of drug-likeness (QED) is 0.902. The van der Waals surface area contributed by atoms with Gasteiger partial charge in [-0.25, -0.2) is 4.98 Å². The van der Waals surface area contributed by atoms with Gasteiger partial charge in [0.25, 0.3) is 0 Å². The van der Waals surface area contributed by atoms with Gasteiger partial charge >= 0.3 is 0 Å². The maximum Gasteiger partial charge on any atom is 0.127 e. The zero-order chi connectivity index (χ0) is 13.2. The molecule has 19 heavy (non-hydrogen) atoms. The van der Waals surface area contributed by atoms with Crippen LogP contribution in [0.2, 0.25) is 0 Å². The molecule has 1 aromatic heterocycles. The number of fused-ring (bicyclic) bond motifs is 1. The van der Waals surface area contributed by atoms with E-state index < -0.39 is 0 Å². The van der Waals surface area contributed by atoms with Gasteiger partial charge in [-0.05, 0) is 39.3 Å². The summed E-state index contributed by atoms with van der Waals surface area (Å²) in [4.78, 5) is 9.58. The van der Waals surface area contributed by atoms with E-state index in [2.05, 4.69) is 46.1 Å². The van der Waals surface area contributed by atoms with Crippen molar-refractivity contribution in [3.63, 3.8) is 0 Å². The number of hydrogen-bond donors (Lipinski definition) is 1. The lowest BCUT2D eigenvalue weighted by Crippen LogP contribution is -2.55. The Labute approximate surface area is 115 Å². The second-order valence-corrected chi connectivity index (χ2v) is 5.72. The van der Waals surface area contributed by atoms with Crippen molar-refractivity contribution in [3.8, 4) is 0 Å². The third-order valence-electron chi connectivity index (χ3n) is 4.37. The molecule has 1 N–H and O–H groups in total. The molecule has 4 heteroatoms. The summed E-state index contributed by atoms with van der Waals surface area (Å²) < 4.78 is 0. The Bertz CT molecular complexity index is 434. The average Bonchev–Trinajstić information content (AvgIpc) is 2.85. The van der Waals surface area contributed by atoms with Crippen LogP contribution in [0.3, 0.4) is 0 Å². The van der Waals surface area contributed by atoms with E-state index in [1.165, 1.54) is 31.6 Å². The van der Waals surface area contributed by atoms with Crippen LogP contribution in [-0.4, -0.2) is 48.1 Å². The molecular weight excluding hydrogens is 236 g/mol. The first kappa shape index (κ1) is 12.7. The molecule has 1 aromatic rings. The molecule has 2 saturated heterocycles. The number of nitrogens with one attached hydrogen (secondary N) is 1. The molecule has 3 rings (SSSR count). The molecule has 0 amide bonds. The van der Waals surface area contributed by atoms with Crippen molar-refractivity contribution < 1.29 is 0 Å². The molecule has 3 heterocycles. The summed E-state index contributed by atoms with van der Waals surface area (Å²) in [6.45, 7) is 9.01. The summed E-state index contributed by atoms with van der Waals surface area (Å²) in [6, 6.07) is 5.67. The Morgan fingerprint density at radius 1 is 1.42 bits per heavy atom. The third kappa shape index (κ3) is 2.54. The summed E-state index contributed by atoms with van der Waals surface area (Å²) in [5, 5.41) is 3.30. The van der Waals surface area contributed by atoms with E-state index >= 15 is 0 Å². The fourth-order valence-corrected chi connectivity index (χ4v) is 3.42. The third-order valence-corrected chi connectivity index (χ3v) is 4.37. The smallest absolute Gasteiger partial charge is 0.127 e. The van der Waals surface area contributed by atoms with E-state index in [4.69, 9.17) is 0 Å². The van der Waals surface area contributed by atoms with E-state index in [1.807, 2.05) is 6.20 Å². The Hall–Kier alpha value is -1.29. The number of hydrogen-bond acceptors (Lipinski definition) is 4. The molecule has 4 nitrogen and oxygen atoms in total. The second kappa shape index (κ2) is 5.37. The molecule has 2 fully saturated rings. The van der Waals surface area contributed by atoms with E-state index in [0.29, 0.717) is 6.04 Å². The van der Waals surface area contributed by atoms with Gasteiger partial charge in [-0.2, -0.15) is 0 Å². The molecule has 2 aliphatic rings. The van der Waals surface area contributed by atoms with Crippen molar-refractivity contribution in [1.29, 1.82) is 0 Å². The first-order chi connectivity index (χ1) is 9.28. The largest absolute Gasteiger partial charge is 0.370 e. The molecule has 2 unspecified atom stereocenters. The van der Waals surface area contributed by atoms with Crippen molar-refractivity contribution in [2.24, 2.45) is 0 Å². The summed E-state index contributed by atoms with van der Waals surface area (Å²) in [6.07, 6.45) is 4.64. The lowest BCUT2D eigenvalue weighted by atomic mass is 10.1. The minimum Gasteiger partial charge on any atom is -0.370 e. The van der Waals surface area contributed by atoms with Crippen LogP contribution >= 0.6 is 0 Å². The highest BCUT2D eigenvalue weighted by molar-refractivity contribution is 5.55. The van der Waals surface area contributed by atoms with Crippen LogP contribution in [0.5, 0.6) is 0 Å². The van der Waals surface area contributed by atoms with Crippen molar-refractivity contribution in [3.05, 3.63) is 18.3 Å². The van der Waals surface area contributed by atoms with Crippen LogP contribution < -0.4 is 10.2 Å². The number of piperazine rings is 1. The van der Waals surface area contributed by atoms with Crippen LogP contribution in [0.1, 0.15) is 26.7 Å². The van der Waals surface area contributed by atoms with E-state index in [9.17, 15) is 0 Å². The van der Waals surface area contributed by atoms with Gasteiger partial charge in [-0.3, -0.25) is 4.90 Å². The molecule has 0 aromatic carbocycles. The minimum absolute atomic E-state index is 0.589. The molecule has 104 valence electrons. The monoisotopic (exact) mass is 260 g/mol. The number of aromatic nitrogens is 1. The van der Waals surface area contributed by atoms with Crippen molar-refractivity contribution in [2.45, 2.75) is 38.8 Å². The normalized spacial score (nSPS) is 27.4. The van der Waals surface area contributed by atoms with Crippen LogP contribution in [0.15, 0.2) is 18.3 Å². The van der Waals surface area contributed by atoms with Crippen molar-refractivity contribution in [2.75, 3.05) is 36.4 Å². The number of anilines is 2. The predicted molar refractivity (Wildman–Crippen MR) is 79.8 cm³/mol. The van der Waals surface area contributed by atoms with Crippen molar-refractivity contribution >= 4 is 11.5 Å². The lowest BCUT2D eigenvalue weighted by Gasteiger charge is -2.43. The molecule has 2 atom stereocenters. The first-order valence-electron chi connectivity index (χ1n) is 7.48. The summed E-state index contributed by atoms with van der Waals surface area (Å²) in [5.74, 6) is 0.987. The van der Waals surface area contributed by atoms with Gasteiger partial charge in [0.2, 0.25) is 0 Å². The average molecular weight is 260 g/mol. The molecule has 0 saturated carbocycles. The standard InChI is InChI=1S/C15H24N4/c1-3-16-15-9-13(6-7-17-15)19-11-14-5-4-8-18(14)10-12(19)2/h6-7,9,12,14H,3-5,8,10-11H2,1-2H3,(H,16,17). The van der Waals surface area contributed by atoms with Gasteiger partial charge in [-0.1, -0.05) is 0 Å². The van der Waals surface area contributed by atoms with Gasteiger partial charge in [0.1, 0.15) is 5.82 Å². The van der Waals surface area contributed by atoms with Gasteiger partial charge in [0.15, 0.2) is 0 Å². The Morgan fingerprint density at radius 3 is 3.16 bits per heavy atom. The van der Waals surface area contributed by atoms with Gasteiger partial charge < -0.3 is 10.2 Å². The number of nitrogens with zero attached hydrogens (tertiary/aromatic N) is 3. The Kier molecular flexibility index (Phi) is 3.60. The molecule has 0 bridgehead atoms. The molecule has 0 aliphatic carbocycles. The maximum absolute atomic E-state index is 4.37. The SMILES string of the molecule is CCNc1cc(N2CC3CCCN3CC2C)ccn1. The second-order valence-electron chi connectivity index (χ2n) is 5.72. The summed E-state index contributed by atoms with van der Waals surface area (Å²) in [5.41, 5.74) is 1.31. The molecule has 2 aliphatic heterocycles. The Balaban J connectivity index is 1.78. The zero-order valence-corrected chi connectivity index (χ0v) is 12.0. The topological polar surface area (TPSA) is 31.4 Å². The maximum atomic E-state index is 4.37. The number of pyridine rings is 1. The van der Waals surface area contributed by atoms with Gasteiger partial charge in [-0.15, -0.1) is 0 Å². The minimum atomic E-state index is 0.589. The van der Waals surface area contributed by atoms with Crippen molar-refractivity contribution in [1.82, 2.24) is 9.88 Å². The molecule has 0 radical (unpaired) electrons. The zero-order valence-electron chi connectivity index (χ0n) is 12.0. The fraction of sp³-hybridized carbons (Fsp3) is 0.667. The highest BCUT2D eigenvalue weighted by Gasteiger charge is 2.34. The summed E-state index contributed by atoms with van der Waals surface area (Å²) >= 11 is 0. The van der Waals surface area contributed by atoms with Crippen LogP contribution in [0.25, 0.3) is 0 Å². The van der Waals surface area contributed by atoms with Crippen LogP contribution in [0.4, 0.5) is 11.5 Å². The van der Waals surface area contributed by atoms with E-state index in [1.54, 1.807) is 0 Å². The highest BCUT2D eigenvalue weighted by atomic mass is 15.3. The van der Waals surface area contributed by atoms with Gasteiger partial charge in [0.05, 0.1) is 0 Å².